The summed E-state index contributed by atoms with van der Waals surface area (Å²) in [5, 5.41) is 10.7. The van der Waals surface area contributed by atoms with E-state index in [9.17, 15) is 27.2 Å². The van der Waals surface area contributed by atoms with Crippen LogP contribution in [-0.4, -0.2) is 63.4 Å². The van der Waals surface area contributed by atoms with Crippen LogP contribution in [0.25, 0.3) is 0 Å². The lowest BCUT2D eigenvalue weighted by molar-refractivity contribution is -0.151. The Balaban J connectivity index is 1.07. The van der Waals surface area contributed by atoms with E-state index in [1.807, 2.05) is 4.90 Å². The van der Waals surface area contributed by atoms with Crippen LogP contribution in [0.5, 0.6) is 0 Å². The zero-order valence-electron chi connectivity index (χ0n) is 18.9. The fourth-order valence-corrected chi connectivity index (χ4v) is 5.23. The van der Waals surface area contributed by atoms with Crippen molar-refractivity contribution in [2.24, 2.45) is 11.3 Å². The first-order valence-electron chi connectivity index (χ1n) is 11.6. The number of fused-ring (bicyclic) bond motifs is 1. The van der Waals surface area contributed by atoms with Crippen LogP contribution in [0.1, 0.15) is 41.8 Å². The Morgan fingerprint density at radius 3 is 2.60 bits per heavy atom. The second-order valence-corrected chi connectivity index (χ2v) is 9.72. The molecule has 1 aromatic carbocycles. The van der Waals surface area contributed by atoms with Gasteiger partial charge in [0.05, 0.1) is 17.0 Å². The number of likely N-dealkylation sites (tertiary alicyclic amines) is 2. The highest BCUT2D eigenvalue weighted by molar-refractivity contribution is 5.80. The van der Waals surface area contributed by atoms with Crippen LogP contribution >= 0.6 is 0 Å². The Morgan fingerprint density at radius 1 is 1.17 bits per heavy atom. The predicted octanol–water partition coefficient (Wildman–Crippen LogP) is 3.33. The number of aromatic nitrogens is 3. The van der Waals surface area contributed by atoms with Crippen LogP contribution in [0.4, 0.5) is 22.4 Å². The maximum absolute atomic E-state index is 14.0. The molecule has 0 unspecified atom stereocenters. The van der Waals surface area contributed by atoms with Gasteiger partial charge in [0.15, 0.2) is 0 Å². The van der Waals surface area contributed by atoms with Crippen molar-refractivity contribution in [2.75, 3.05) is 26.2 Å². The number of hydrogen-bond acceptors (Lipinski definition) is 5. The lowest BCUT2D eigenvalue weighted by atomic mass is 9.71. The number of H-pyrrole nitrogens is 1. The number of piperidine rings is 1. The van der Waals surface area contributed by atoms with Gasteiger partial charge in [0.25, 0.3) is 0 Å². The summed E-state index contributed by atoms with van der Waals surface area (Å²) >= 11 is 0. The molecule has 2 aromatic rings. The monoisotopic (exact) mass is 495 g/mol. The molecule has 0 bridgehead atoms. The van der Waals surface area contributed by atoms with Crippen LogP contribution in [0.2, 0.25) is 0 Å². The summed E-state index contributed by atoms with van der Waals surface area (Å²) in [7, 11) is 0. The van der Waals surface area contributed by atoms with Crippen molar-refractivity contribution >= 4 is 12.0 Å². The van der Waals surface area contributed by atoms with Gasteiger partial charge in [-0.25, -0.2) is 9.18 Å². The van der Waals surface area contributed by atoms with E-state index < -0.39 is 30.3 Å². The number of aromatic amines is 1. The molecule has 0 saturated carbocycles. The fourth-order valence-electron chi connectivity index (χ4n) is 5.23. The molecule has 188 valence electrons. The van der Waals surface area contributed by atoms with Crippen molar-refractivity contribution in [3.63, 3.8) is 0 Å². The zero-order valence-corrected chi connectivity index (χ0v) is 18.9. The van der Waals surface area contributed by atoms with E-state index in [1.54, 1.807) is 0 Å². The third-order valence-corrected chi connectivity index (χ3v) is 7.41. The number of nitrogens with zero attached hydrogens (tertiary/aromatic N) is 4. The molecular weight excluding hydrogens is 470 g/mol. The molecule has 35 heavy (non-hydrogen) atoms. The predicted molar refractivity (Wildman–Crippen MR) is 113 cm³/mol. The molecule has 2 saturated heterocycles. The van der Waals surface area contributed by atoms with Crippen LogP contribution in [0.3, 0.4) is 0 Å². The third kappa shape index (κ3) is 4.70. The molecule has 2 aliphatic heterocycles. The van der Waals surface area contributed by atoms with E-state index in [4.69, 9.17) is 4.74 Å². The summed E-state index contributed by atoms with van der Waals surface area (Å²) in [5.41, 5.74) is 0.654. The van der Waals surface area contributed by atoms with E-state index in [2.05, 4.69) is 15.4 Å². The van der Waals surface area contributed by atoms with Gasteiger partial charge in [-0.05, 0) is 37.8 Å². The normalized spacial score (nSPS) is 21.4. The number of hydrogen-bond donors (Lipinski definition) is 1. The molecule has 3 aliphatic rings. The minimum atomic E-state index is -4.64. The first kappa shape index (κ1) is 23.6. The van der Waals surface area contributed by atoms with E-state index >= 15 is 0 Å². The number of benzene rings is 1. The molecule has 0 radical (unpaired) electrons. The largest absolute Gasteiger partial charge is 0.444 e. The molecule has 1 aromatic heterocycles. The highest BCUT2D eigenvalue weighted by atomic mass is 19.4. The van der Waals surface area contributed by atoms with Gasteiger partial charge in [0.1, 0.15) is 12.4 Å². The van der Waals surface area contributed by atoms with Crippen molar-refractivity contribution < 1.29 is 31.9 Å². The summed E-state index contributed by atoms with van der Waals surface area (Å²) in [6, 6.07) is 2.14. The molecule has 1 spiro atoms. The van der Waals surface area contributed by atoms with Crippen molar-refractivity contribution in [3.8, 4) is 0 Å². The zero-order chi connectivity index (χ0) is 24.8. The van der Waals surface area contributed by atoms with E-state index in [0.29, 0.717) is 38.7 Å². The van der Waals surface area contributed by atoms with Crippen LogP contribution in [0.15, 0.2) is 18.2 Å². The van der Waals surface area contributed by atoms with Crippen LogP contribution in [-0.2, 0) is 35.2 Å². The number of nitrogens with one attached hydrogen (secondary N) is 1. The SMILES string of the molecule is O=C(OCc1ccc(C(F)(F)F)cc1F)N1CCC2(CC1)CN(C(=O)[C@H]1CCc3[nH]nnc3C1)C2. The standard InChI is InChI=1S/C23H25F4N5O3/c24-17-10-16(23(25,26)27)3-1-15(17)11-35-21(34)31-7-5-22(6-8-31)12-32(13-22)20(33)14-2-4-18-19(9-14)29-30-28-18/h1,3,10,14H,2,4-9,11-13H2,(H,28,29,30)/t14-/m0/s1. The Kier molecular flexibility index (Phi) is 5.92. The maximum atomic E-state index is 14.0. The Labute approximate surface area is 198 Å². The van der Waals surface area contributed by atoms with Gasteiger partial charge in [-0.1, -0.05) is 11.3 Å². The van der Waals surface area contributed by atoms with Gasteiger partial charge in [-0.2, -0.15) is 13.2 Å². The summed E-state index contributed by atoms with van der Waals surface area (Å²) < 4.78 is 57.1. The number of rotatable bonds is 3. The molecule has 12 heteroatoms. The number of halogens is 4. The van der Waals surface area contributed by atoms with E-state index in [-0.39, 0.29) is 22.8 Å². The van der Waals surface area contributed by atoms with Gasteiger partial charge in [0.2, 0.25) is 5.91 Å². The second-order valence-electron chi connectivity index (χ2n) is 9.72. The Morgan fingerprint density at radius 2 is 1.91 bits per heavy atom. The lowest BCUT2D eigenvalue weighted by Gasteiger charge is -2.54. The summed E-state index contributed by atoms with van der Waals surface area (Å²) in [6.07, 6.45) is -1.68. The molecule has 1 aliphatic carbocycles. The minimum absolute atomic E-state index is 0.0142. The molecule has 8 nitrogen and oxygen atoms in total. The number of amides is 2. The first-order valence-corrected chi connectivity index (χ1v) is 11.6. The molecule has 3 heterocycles. The van der Waals surface area contributed by atoms with Gasteiger partial charge >= 0.3 is 12.3 Å². The lowest BCUT2D eigenvalue weighted by Crippen LogP contribution is -2.63. The number of carbonyl (C=O) groups excluding carboxylic acids is 2. The molecular formula is C23H25F4N5O3. The van der Waals surface area contributed by atoms with Crippen molar-refractivity contribution in [1.29, 1.82) is 0 Å². The first-order chi connectivity index (χ1) is 16.6. The molecule has 1 atom stereocenters. The average Bonchev–Trinajstić information content (AvgIpc) is 3.28. The average molecular weight is 495 g/mol. The number of ether oxygens (including phenoxy) is 1. The van der Waals surface area contributed by atoms with Crippen molar-refractivity contribution in [1.82, 2.24) is 25.2 Å². The topological polar surface area (TPSA) is 91.4 Å². The number of carbonyl (C=O) groups is 2. The van der Waals surface area contributed by atoms with E-state index in [1.165, 1.54) is 4.90 Å². The van der Waals surface area contributed by atoms with Crippen LogP contribution < -0.4 is 0 Å². The Hall–Kier alpha value is -3.18. The van der Waals surface area contributed by atoms with Crippen LogP contribution in [0, 0.1) is 17.2 Å². The van der Waals surface area contributed by atoms with Gasteiger partial charge < -0.3 is 14.5 Å². The molecule has 1 N–H and O–H groups in total. The quantitative estimate of drug-likeness (QED) is 0.660. The van der Waals surface area contributed by atoms with Gasteiger partial charge in [-0.3, -0.25) is 9.89 Å². The number of alkyl halides is 3. The maximum Gasteiger partial charge on any atom is 0.416 e. The summed E-state index contributed by atoms with van der Waals surface area (Å²) in [5.74, 6) is -1.00. The highest BCUT2D eigenvalue weighted by Gasteiger charge is 2.48. The van der Waals surface area contributed by atoms with E-state index in [0.717, 1.165) is 49.2 Å². The molecule has 2 amide bonds. The minimum Gasteiger partial charge on any atom is -0.444 e. The van der Waals surface area contributed by atoms with Gasteiger partial charge in [-0.15, -0.1) is 5.10 Å². The number of aryl methyl sites for hydroxylation is 1. The fraction of sp³-hybridized carbons (Fsp3) is 0.565. The highest BCUT2D eigenvalue weighted by Crippen LogP contribution is 2.42. The van der Waals surface area contributed by atoms with Crippen molar-refractivity contribution in [3.05, 3.63) is 46.5 Å². The third-order valence-electron chi connectivity index (χ3n) is 7.41. The summed E-state index contributed by atoms with van der Waals surface area (Å²) in [4.78, 5) is 28.7. The summed E-state index contributed by atoms with van der Waals surface area (Å²) in [6.45, 7) is 1.77. The smallest absolute Gasteiger partial charge is 0.416 e. The van der Waals surface area contributed by atoms with Crippen molar-refractivity contribution in [2.45, 2.75) is 44.9 Å². The molecule has 2 fully saturated rings. The molecule has 5 rings (SSSR count). The Bertz CT molecular complexity index is 1120. The van der Waals surface area contributed by atoms with Gasteiger partial charge in [0, 0.05) is 49.5 Å². The second kappa shape index (κ2) is 8.80.